The molecule has 3 heteroatoms. The minimum Gasteiger partial charge on any atom is -0.508 e. The number of ether oxygens (including phenoxy) is 1. The molecule has 2 aromatic carbocycles. The van der Waals surface area contributed by atoms with Crippen LogP contribution in [0.25, 0.3) is 0 Å². The fourth-order valence-electron chi connectivity index (χ4n) is 1.84. The molecule has 0 spiro atoms. The number of anilines is 1. The molecule has 18 heavy (non-hydrogen) atoms. The quantitative estimate of drug-likeness (QED) is 0.896. The lowest BCUT2D eigenvalue weighted by Gasteiger charge is -2.20. The molecule has 0 unspecified atom stereocenters. The van der Waals surface area contributed by atoms with Crippen LogP contribution in [0.15, 0.2) is 48.5 Å². The van der Waals surface area contributed by atoms with Gasteiger partial charge in [-0.15, -0.1) is 0 Å². The summed E-state index contributed by atoms with van der Waals surface area (Å²) in [7, 11) is 3.62. The van der Waals surface area contributed by atoms with E-state index in [1.807, 2.05) is 43.4 Å². The molecule has 0 fully saturated rings. The Bertz CT molecular complexity index is 511. The van der Waals surface area contributed by atoms with Crippen LogP contribution in [0.3, 0.4) is 0 Å². The van der Waals surface area contributed by atoms with Gasteiger partial charge in [0.1, 0.15) is 11.5 Å². The third kappa shape index (κ3) is 2.74. The van der Waals surface area contributed by atoms with E-state index in [-0.39, 0.29) is 0 Å². The summed E-state index contributed by atoms with van der Waals surface area (Å²) in [6.45, 7) is 0.632. The molecule has 0 bridgehead atoms. The molecule has 0 aromatic heterocycles. The Labute approximate surface area is 107 Å². The van der Waals surface area contributed by atoms with Gasteiger partial charge in [0.15, 0.2) is 0 Å². The Morgan fingerprint density at radius 1 is 1.11 bits per heavy atom. The van der Waals surface area contributed by atoms with Crippen molar-refractivity contribution in [1.29, 1.82) is 0 Å². The standard InChI is InChI=1S/C15H17NO2/c1-16(13-6-4-3-5-7-13)11-12-10-14(18-2)8-9-15(12)17/h3-10,17H,11H2,1-2H3. The predicted molar refractivity (Wildman–Crippen MR) is 73.2 cm³/mol. The van der Waals surface area contributed by atoms with E-state index in [0.717, 1.165) is 17.0 Å². The van der Waals surface area contributed by atoms with Crippen molar-refractivity contribution in [3.05, 3.63) is 54.1 Å². The maximum atomic E-state index is 9.84. The number of nitrogens with zero attached hydrogens (tertiary/aromatic N) is 1. The average molecular weight is 243 g/mol. The van der Waals surface area contributed by atoms with E-state index in [4.69, 9.17) is 4.74 Å². The minimum absolute atomic E-state index is 0.290. The maximum Gasteiger partial charge on any atom is 0.120 e. The smallest absolute Gasteiger partial charge is 0.120 e. The van der Waals surface area contributed by atoms with Gasteiger partial charge in [0.25, 0.3) is 0 Å². The van der Waals surface area contributed by atoms with Crippen molar-refractivity contribution in [3.8, 4) is 11.5 Å². The monoisotopic (exact) mass is 243 g/mol. The zero-order valence-electron chi connectivity index (χ0n) is 10.6. The van der Waals surface area contributed by atoms with E-state index in [1.54, 1.807) is 19.2 Å². The van der Waals surface area contributed by atoms with Crippen LogP contribution >= 0.6 is 0 Å². The van der Waals surface area contributed by atoms with Gasteiger partial charge in [0.2, 0.25) is 0 Å². The van der Waals surface area contributed by atoms with Crippen LogP contribution in [0.5, 0.6) is 11.5 Å². The molecule has 3 nitrogen and oxygen atoms in total. The van der Waals surface area contributed by atoms with Crippen molar-refractivity contribution >= 4 is 5.69 Å². The Morgan fingerprint density at radius 3 is 2.50 bits per heavy atom. The van der Waals surface area contributed by atoms with Crippen molar-refractivity contribution in [2.45, 2.75) is 6.54 Å². The molecular weight excluding hydrogens is 226 g/mol. The topological polar surface area (TPSA) is 32.7 Å². The van der Waals surface area contributed by atoms with E-state index in [9.17, 15) is 5.11 Å². The molecule has 0 amide bonds. The van der Waals surface area contributed by atoms with Gasteiger partial charge in [-0.3, -0.25) is 0 Å². The Morgan fingerprint density at radius 2 is 1.83 bits per heavy atom. The SMILES string of the molecule is COc1ccc(O)c(CN(C)c2ccccc2)c1. The Balaban J connectivity index is 2.18. The molecule has 0 saturated heterocycles. The maximum absolute atomic E-state index is 9.84. The third-order valence-corrected chi connectivity index (χ3v) is 2.89. The number of hydrogen-bond acceptors (Lipinski definition) is 3. The summed E-state index contributed by atoms with van der Waals surface area (Å²) in [6, 6.07) is 15.3. The van der Waals surface area contributed by atoms with Gasteiger partial charge in [-0.1, -0.05) is 18.2 Å². The molecule has 0 atom stereocenters. The number of methoxy groups -OCH3 is 1. The molecule has 2 aromatic rings. The molecule has 0 aliphatic heterocycles. The highest BCUT2D eigenvalue weighted by Crippen LogP contribution is 2.25. The second kappa shape index (κ2) is 5.45. The summed E-state index contributed by atoms with van der Waals surface area (Å²) in [5, 5.41) is 9.84. The fraction of sp³-hybridized carbons (Fsp3) is 0.200. The van der Waals surface area contributed by atoms with Gasteiger partial charge in [0.05, 0.1) is 7.11 Å². The minimum atomic E-state index is 0.290. The summed E-state index contributed by atoms with van der Waals surface area (Å²) in [4.78, 5) is 2.08. The molecule has 0 aliphatic carbocycles. The molecule has 0 saturated carbocycles. The van der Waals surface area contributed by atoms with Gasteiger partial charge >= 0.3 is 0 Å². The number of benzene rings is 2. The number of phenolic OH excluding ortho intramolecular Hbond substituents is 1. The first kappa shape index (κ1) is 12.3. The van der Waals surface area contributed by atoms with Crippen LogP contribution in [-0.4, -0.2) is 19.3 Å². The van der Waals surface area contributed by atoms with E-state index in [1.165, 1.54) is 0 Å². The highest BCUT2D eigenvalue weighted by atomic mass is 16.5. The molecule has 0 heterocycles. The molecule has 2 rings (SSSR count). The Kier molecular flexibility index (Phi) is 3.72. The number of hydrogen-bond donors (Lipinski definition) is 1. The van der Waals surface area contributed by atoms with Crippen LogP contribution in [0.4, 0.5) is 5.69 Å². The van der Waals surface area contributed by atoms with E-state index in [0.29, 0.717) is 12.3 Å². The van der Waals surface area contributed by atoms with Crippen LogP contribution < -0.4 is 9.64 Å². The molecular formula is C15H17NO2. The third-order valence-electron chi connectivity index (χ3n) is 2.89. The van der Waals surface area contributed by atoms with Gasteiger partial charge in [-0.05, 0) is 30.3 Å². The summed E-state index contributed by atoms with van der Waals surface area (Å²) < 4.78 is 5.17. The summed E-state index contributed by atoms with van der Waals surface area (Å²) in [5.41, 5.74) is 1.96. The van der Waals surface area contributed by atoms with E-state index >= 15 is 0 Å². The van der Waals surface area contributed by atoms with Crippen molar-refractivity contribution in [2.75, 3.05) is 19.1 Å². The normalized spacial score (nSPS) is 10.1. The average Bonchev–Trinajstić information content (AvgIpc) is 2.42. The Hall–Kier alpha value is -2.16. The summed E-state index contributed by atoms with van der Waals surface area (Å²) in [6.07, 6.45) is 0. The first-order valence-corrected chi connectivity index (χ1v) is 5.83. The second-order valence-electron chi connectivity index (χ2n) is 4.19. The van der Waals surface area contributed by atoms with Crippen molar-refractivity contribution in [2.24, 2.45) is 0 Å². The largest absolute Gasteiger partial charge is 0.508 e. The summed E-state index contributed by atoms with van der Waals surface area (Å²) >= 11 is 0. The highest BCUT2D eigenvalue weighted by Gasteiger charge is 2.07. The second-order valence-corrected chi connectivity index (χ2v) is 4.19. The van der Waals surface area contributed by atoms with E-state index in [2.05, 4.69) is 4.90 Å². The van der Waals surface area contributed by atoms with Crippen LogP contribution in [0, 0.1) is 0 Å². The number of phenols is 1. The lowest BCUT2D eigenvalue weighted by atomic mass is 10.1. The van der Waals surface area contributed by atoms with Crippen LogP contribution in [0.2, 0.25) is 0 Å². The predicted octanol–water partition coefficient (Wildman–Crippen LogP) is 3.04. The number of para-hydroxylation sites is 1. The van der Waals surface area contributed by atoms with E-state index < -0.39 is 0 Å². The first-order chi connectivity index (χ1) is 8.70. The highest BCUT2D eigenvalue weighted by molar-refractivity contribution is 5.48. The number of aromatic hydroxyl groups is 1. The zero-order chi connectivity index (χ0) is 13.0. The first-order valence-electron chi connectivity index (χ1n) is 5.83. The number of rotatable bonds is 4. The molecule has 0 aliphatic rings. The van der Waals surface area contributed by atoms with Gasteiger partial charge in [0, 0.05) is 24.8 Å². The van der Waals surface area contributed by atoms with Gasteiger partial charge in [-0.25, -0.2) is 0 Å². The lowest BCUT2D eigenvalue weighted by molar-refractivity contribution is 0.410. The zero-order valence-corrected chi connectivity index (χ0v) is 10.6. The van der Waals surface area contributed by atoms with Crippen LogP contribution in [0.1, 0.15) is 5.56 Å². The lowest BCUT2D eigenvalue weighted by Crippen LogP contribution is -2.16. The molecule has 0 radical (unpaired) electrons. The van der Waals surface area contributed by atoms with Crippen molar-refractivity contribution in [1.82, 2.24) is 0 Å². The summed E-state index contributed by atoms with van der Waals surface area (Å²) in [5.74, 6) is 1.04. The van der Waals surface area contributed by atoms with Gasteiger partial charge < -0.3 is 14.7 Å². The van der Waals surface area contributed by atoms with Crippen molar-refractivity contribution < 1.29 is 9.84 Å². The van der Waals surface area contributed by atoms with Gasteiger partial charge in [-0.2, -0.15) is 0 Å². The fourth-order valence-corrected chi connectivity index (χ4v) is 1.84. The molecule has 1 N–H and O–H groups in total. The van der Waals surface area contributed by atoms with Crippen molar-refractivity contribution in [3.63, 3.8) is 0 Å². The van der Waals surface area contributed by atoms with Crippen LogP contribution in [-0.2, 0) is 6.54 Å². The molecule has 94 valence electrons.